The number of hydrogen-bond donors (Lipinski definition) is 0. The van der Waals surface area contributed by atoms with Crippen molar-refractivity contribution in [2.45, 2.75) is 37.2 Å². The molecule has 0 unspecified atom stereocenters. The normalized spacial score (nSPS) is 30.7. The van der Waals surface area contributed by atoms with Crippen LogP contribution in [0.25, 0.3) is 0 Å². The fourth-order valence-electron chi connectivity index (χ4n) is 5.31. The molecule has 0 saturated carbocycles. The summed E-state index contributed by atoms with van der Waals surface area (Å²) >= 11 is 0. The lowest BCUT2D eigenvalue weighted by Crippen LogP contribution is -2.48. The van der Waals surface area contributed by atoms with Crippen LogP contribution in [0.4, 0.5) is 0 Å². The van der Waals surface area contributed by atoms with E-state index in [2.05, 4.69) is 23.1 Å². The molecule has 3 saturated heterocycles. The monoisotopic (exact) mass is 378 g/mol. The average molecular weight is 378 g/mol. The first-order chi connectivity index (χ1) is 13.7. The molecule has 3 fully saturated rings. The van der Waals surface area contributed by atoms with Crippen LogP contribution in [0.1, 0.15) is 30.0 Å². The Bertz CT molecular complexity index is 933. The fraction of sp³-hybridized carbons (Fsp3) is 0.409. The fourth-order valence-corrected chi connectivity index (χ4v) is 5.31. The second-order valence-electron chi connectivity index (χ2n) is 7.97. The van der Waals surface area contributed by atoms with Crippen molar-refractivity contribution in [2.75, 3.05) is 19.9 Å². The number of amides is 1. The first-order valence-electron chi connectivity index (χ1n) is 9.88. The lowest BCUT2D eigenvalue weighted by Gasteiger charge is -2.33. The molecule has 0 aliphatic carbocycles. The standard InChI is InChI=1S/C22H22N2O4/c25-21-11-20-22(24(21)17(13-28-22)16-4-2-1-3-5-16)8-9-23(20)12-15-6-7-18-19(10-15)27-14-26-18/h1-7,10,17,20H,8-9,11-14H2/t17-,20+,22-/m0/s1. The van der Waals surface area contributed by atoms with Gasteiger partial charge in [0, 0.05) is 25.9 Å². The summed E-state index contributed by atoms with van der Waals surface area (Å²) in [6.45, 7) is 2.56. The van der Waals surface area contributed by atoms with Crippen molar-refractivity contribution in [2.24, 2.45) is 0 Å². The second kappa shape index (κ2) is 5.96. The van der Waals surface area contributed by atoms with Gasteiger partial charge < -0.3 is 19.1 Å². The first-order valence-corrected chi connectivity index (χ1v) is 9.88. The SMILES string of the molecule is O=C1C[C@H]2N(Cc3ccc4c(c3)OCO4)CC[C@]23OC[C@@H](c2ccccc2)N13. The Morgan fingerprint density at radius 3 is 2.82 bits per heavy atom. The predicted molar refractivity (Wildman–Crippen MR) is 101 cm³/mol. The number of carbonyl (C=O) groups is 1. The van der Waals surface area contributed by atoms with Gasteiger partial charge in [0.1, 0.15) is 0 Å². The number of hydrogen-bond acceptors (Lipinski definition) is 5. The lowest BCUT2D eigenvalue weighted by atomic mass is 10.0. The van der Waals surface area contributed by atoms with E-state index in [4.69, 9.17) is 14.2 Å². The Labute approximate surface area is 163 Å². The summed E-state index contributed by atoms with van der Waals surface area (Å²) in [4.78, 5) is 17.4. The van der Waals surface area contributed by atoms with Crippen LogP contribution in [0.2, 0.25) is 0 Å². The zero-order chi connectivity index (χ0) is 18.7. The summed E-state index contributed by atoms with van der Waals surface area (Å²) in [6.07, 6.45) is 1.38. The number of likely N-dealkylation sites (tertiary alicyclic amines) is 1. The lowest BCUT2D eigenvalue weighted by molar-refractivity contribution is -0.138. The molecule has 6 nitrogen and oxygen atoms in total. The van der Waals surface area contributed by atoms with E-state index in [1.807, 2.05) is 35.2 Å². The largest absolute Gasteiger partial charge is 0.454 e. The van der Waals surface area contributed by atoms with Gasteiger partial charge in [0.05, 0.1) is 18.7 Å². The van der Waals surface area contributed by atoms with E-state index in [1.54, 1.807) is 0 Å². The molecule has 6 rings (SSSR count). The second-order valence-corrected chi connectivity index (χ2v) is 7.97. The van der Waals surface area contributed by atoms with Crippen LogP contribution in [0.15, 0.2) is 48.5 Å². The number of rotatable bonds is 3. The van der Waals surface area contributed by atoms with E-state index in [1.165, 1.54) is 5.56 Å². The van der Waals surface area contributed by atoms with E-state index in [0.29, 0.717) is 13.0 Å². The molecule has 0 bridgehead atoms. The van der Waals surface area contributed by atoms with Crippen molar-refractivity contribution < 1.29 is 19.0 Å². The third kappa shape index (κ3) is 2.25. The minimum absolute atomic E-state index is 0.0178. The molecule has 0 radical (unpaired) electrons. The first kappa shape index (κ1) is 16.4. The Morgan fingerprint density at radius 2 is 1.93 bits per heavy atom. The van der Waals surface area contributed by atoms with Gasteiger partial charge in [0.15, 0.2) is 17.2 Å². The molecule has 4 heterocycles. The van der Waals surface area contributed by atoms with E-state index in [-0.39, 0.29) is 24.8 Å². The van der Waals surface area contributed by atoms with Gasteiger partial charge in [0.2, 0.25) is 12.7 Å². The molecular weight excluding hydrogens is 356 g/mol. The van der Waals surface area contributed by atoms with Crippen molar-refractivity contribution in [1.82, 2.24) is 9.80 Å². The van der Waals surface area contributed by atoms with Crippen LogP contribution in [0.3, 0.4) is 0 Å². The smallest absolute Gasteiger partial charge is 0.231 e. The molecule has 144 valence electrons. The van der Waals surface area contributed by atoms with Gasteiger partial charge >= 0.3 is 0 Å². The number of nitrogens with zero attached hydrogens (tertiary/aromatic N) is 2. The van der Waals surface area contributed by atoms with Gasteiger partial charge in [-0.25, -0.2) is 0 Å². The van der Waals surface area contributed by atoms with Gasteiger partial charge in [-0.1, -0.05) is 36.4 Å². The zero-order valence-electron chi connectivity index (χ0n) is 15.5. The van der Waals surface area contributed by atoms with Gasteiger partial charge in [0.25, 0.3) is 0 Å². The maximum atomic E-state index is 13.0. The summed E-state index contributed by atoms with van der Waals surface area (Å²) in [5.41, 5.74) is 1.85. The Morgan fingerprint density at radius 1 is 1.07 bits per heavy atom. The van der Waals surface area contributed by atoms with Gasteiger partial charge in [-0.05, 0) is 23.3 Å². The summed E-state index contributed by atoms with van der Waals surface area (Å²) in [5.74, 6) is 1.80. The molecule has 0 N–H and O–H groups in total. The topological polar surface area (TPSA) is 51.2 Å². The van der Waals surface area contributed by atoms with Crippen molar-refractivity contribution in [1.29, 1.82) is 0 Å². The minimum Gasteiger partial charge on any atom is -0.454 e. The average Bonchev–Trinajstić information content (AvgIpc) is 3.46. The van der Waals surface area contributed by atoms with E-state index < -0.39 is 5.72 Å². The molecule has 6 heteroatoms. The maximum Gasteiger partial charge on any atom is 0.231 e. The molecular formula is C22H22N2O4. The van der Waals surface area contributed by atoms with Crippen molar-refractivity contribution in [3.05, 3.63) is 59.7 Å². The van der Waals surface area contributed by atoms with Crippen molar-refractivity contribution in [3.63, 3.8) is 0 Å². The van der Waals surface area contributed by atoms with E-state index >= 15 is 0 Å². The highest BCUT2D eigenvalue weighted by atomic mass is 16.7. The van der Waals surface area contributed by atoms with Gasteiger partial charge in [-0.15, -0.1) is 0 Å². The Hall–Kier alpha value is -2.57. The minimum atomic E-state index is -0.478. The molecule has 0 aromatic heterocycles. The maximum absolute atomic E-state index is 13.0. The van der Waals surface area contributed by atoms with Crippen LogP contribution in [-0.2, 0) is 16.1 Å². The predicted octanol–water partition coefficient (Wildman–Crippen LogP) is 2.69. The molecule has 1 amide bonds. The van der Waals surface area contributed by atoms with Crippen molar-refractivity contribution >= 4 is 5.91 Å². The van der Waals surface area contributed by atoms with E-state index in [9.17, 15) is 4.79 Å². The molecule has 3 atom stereocenters. The Balaban J connectivity index is 1.27. The zero-order valence-corrected chi connectivity index (χ0v) is 15.5. The number of fused-ring (bicyclic) bond motifs is 1. The Kier molecular flexibility index (Phi) is 3.49. The summed E-state index contributed by atoms with van der Waals surface area (Å²) in [7, 11) is 0. The molecule has 1 spiro atoms. The summed E-state index contributed by atoms with van der Waals surface area (Å²) in [6, 6.07) is 16.4. The molecule has 2 aromatic carbocycles. The van der Waals surface area contributed by atoms with Crippen LogP contribution in [0.5, 0.6) is 11.5 Å². The quantitative estimate of drug-likeness (QED) is 0.822. The van der Waals surface area contributed by atoms with Crippen LogP contribution < -0.4 is 9.47 Å². The molecule has 4 aliphatic rings. The summed E-state index contributed by atoms with van der Waals surface area (Å²) in [5, 5.41) is 0. The highest BCUT2D eigenvalue weighted by molar-refractivity contribution is 5.82. The highest BCUT2D eigenvalue weighted by Gasteiger charge is 2.64. The van der Waals surface area contributed by atoms with Crippen LogP contribution >= 0.6 is 0 Å². The molecule has 2 aromatic rings. The van der Waals surface area contributed by atoms with Crippen LogP contribution in [0, 0.1) is 0 Å². The van der Waals surface area contributed by atoms with Crippen molar-refractivity contribution in [3.8, 4) is 11.5 Å². The van der Waals surface area contributed by atoms with Crippen LogP contribution in [-0.4, -0.2) is 47.4 Å². The third-order valence-corrected chi connectivity index (χ3v) is 6.57. The molecule has 28 heavy (non-hydrogen) atoms. The number of carbonyl (C=O) groups excluding carboxylic acids is 1. The third-order valence-electron chi connectivity index (χ3n) is 6.57. The highest BCUT2D eigenvalue weighted by Crippen LogP contribution is 2.51. The number of benzene rings is 2. The summed E-state index contributed by atoms with van der Waals surface area (Å²) < 4.78 is 17.3. The van der Waals surface area contributed by atoms with Gasteiger partial charge in [-0.2, -0.15) is 0 Å². The van der Waals surface area contributed by atoms with E-state index in [0.717, 1.165) is 36.6 Å². The molecule has 4 aliphatic heterocycles. The van der Waals surface area contributed by atoms with Gasteiger partial charge in [-0.3, -0.25) is 9.69 Å². The number of ether oxygens (including phenoxy) is 3.